The molecule has 0 unspecified atom stereocenters. The molecule has 0 saturated carbocycles. The van der Waals surface area contributed by atoms with Gasteiger partial charge < -0.3 is 20.3 Å². The zero-order chi connectivity index (χ0) is 24.6. The van der Waals surface area contributed by atoms with Gasteiger partial charge in [-0.15, -0.1) is 23.5 Å². The van der Waals surface area contributed by atoms with Crippen LogP contribution in [-0.4, -0.2) is 80.3 Å². The van der Waals surface area contributed by atoms with Crippen molar-refractivity contribution in [1.82, 2.24) is 21.0 Å². The lowest BCUT2D eigenvalue weighted by Crippen LogP contribution is -2.53. The third kappa shape index (κ3) is 8.56. The summed E-state index contributed by atoms with van der Waals surface area (Å²) in [6, 6.07) is -1.42. The van der Waals surface area contributed by atoms with Crippen LogP contribution in [0.3, 0.4) is 0 Å². The number of carbonyl (C=O) groups is 4. The first-order valence-electron chi connectivity index (χ1n) is 11.2. The van der Waals surface area contributed by atoms with Gasteiger partial charge in [-0.05, 0) is 40.5 Å². The van der Waals surface area contributed by atoms with E-state index in [9.17, 15) is 19.2 Å². The van der Waals surface area contributed by atoms with Crippen molar-refractivity contribution in [2.75, 3.05) is 24.6 Å². The SMILES string of the molecule is C[C@H](NC(=O)OC(C)(C)C)C(=O)N1CC2(C[C@H]1C(=O)NCCCCCC(=O)NO)SCCS2. The summed E-state index contributed by atoms with van der Waals surface area (Å²) < 4.78 is 5.06. The third-order valence-electron chi connectivity index (χ3n) is 5.30. The standard InChI is InChI=1S/C21H36N4O6S2/c1-14(23-19(29)31-20(2,3)4)18(28)25-13-21(32-10-11-33-21)12-15(25)17(27)22-9-7-5-6-8-16(26)24-30/h14-15,30H,5-13H2,1-4H3,(H,22,27)(H,23,29)(H,24,26)/t14-,15-/m0/s1. The number of carbonyl (C=O) groups excluding carboxylic acids is 4. The van der Waals surface area contributed by atoms with Gasteiger partial charge in [-0.1, -0.05) is 6.42 Å². The van der Waals surface area contributed by atoms with Gasteiger partial charge in [-0.3, -0.25) is 19.6 Å². The largest absolute Gasteiger partial charge is 0.444 e. The molecule has 0 bridgehead atoms. The van der Waals surface area contributed by atoms with Crippen LogP contribution < -0.4 is 16.1 Å². The predicted octanol–water partition coefficient (Wildman–Crippen LogP) is 1.86. The predicted molar refractivity (Wildman–Crippen MR) is 128 cm³/mol. The summed E-state index contributed by atoms with van der Waals surface area (Å²) in [4.78, 5) is 50.9. The molecule has 188 valence electrons. The molecule has 2 saturated heterocycles. The summed E-state index contributed by atoms with van der Waals surface area (Å²) >= 11 is 3.57. The molecule has 0 aromatic carbocycles. The topological polar surface area (TPSA) is 137 Å². The van der Waals surface area contributed by atoms with Crippen LogP contribution in [-0.2, 0) is 19.1 Å². The summed E-state index contributed by atoms with van der Waals surface area (Å²) in [6.07, 6.45) is 2.16. The second-order valence-electron chi connectivity index (χ2n) is 9.30. The molecule has 0 aromatic rings. The molecule has 2 aliphatic heterocycles. The van der Waals surface area contributed by atoms with Crippen molar-refractivity contribution in [3.8, 4) is 0 Å². The average Bonchev–Trinajstić information content (AvgIpc) is 3.35. The number of unbranched alkanes of at least 4 members (excludes halogenated alkanes) is 2. The minimum atomic E-state index is -0.820. The number of alkyl carbamates (subject to hydrolysis) is 1. The molecule has 2 aliphatic rings. The van der Waals surface area contributed by atoms with Gasteiger partial charge in [-0.2, -0.15) is 0 Å². The Morgan fingerprint density at radius 1 is 1.15 bits per heavy atom. The van der Waals surface area contributed by atoms with Gasteiger partial charge in [0.2, 0.25) is 17.7 Å². The Morgan fingerprint density at radius 2 is 1.82 bits per heavy atom. The van der Waals surface area contributed by atoms with E-state index in [-0.39, 0.29) is 22.3 Å². The molecule has 10 nitrogen and oxygen atoms in total. The van der Waals surface area contributed by atoms with Crippen LogP contribution in [0.5, 0.6) is 0 Å². The van der Waals surface area contributed by atoms with E-state index in [1.807, 2.05) is 0 Å². The van der Waals surface area contributed by atoms with E-state index < -0.39 is 29.7 Å². The molecule has 2 atom stereocenters. The van der Waals surface area contributed by atoms with E-state index in [0.717, 1.165) is 17.9 Å². The Kier molecular flexibility index (Phi) is 10.2. The first-order valence-corrected chi connectivity index (χ1v) is 13.2. The van der Waals surface area contributed by atoms with Crippen molar-refractivity contribution >= 4 is 47.3 Å². The molecule has 0 radical (unpaired) electrons. The molecule has 4 amide bonds. The van der Waals surface area contributed by atoms with Crippen molar-refractivity contribution in [2.24, 2.45) is 0 Å². The van der Waals surface area contributed by atoms with Gasteiger partial charge in [0.15, 0.2) is 0 Å². The molecular weight excluding hydrogens is 468 g/mol. The smallest absolute Gasteiger partial charge is 0.408 e. The van der Waals surface area contributed by atoms with Crippen LogP contribution in [0.25, 0.3) is 0 Å². The first kappa shape index (κ1) is 27.6. The van der Waals surface area contributed by atoms with Crippen LogP contribution in [0.2, 0.25) is 0 Å². The lowest BCUT2D eigenvalue weighted by atomic mass is 10.1. The van der Waals surface area contributed by atoms with E-state index in [2.05, 4.69) is 10.6 Å². The molecule has 2 rings (SSSR count). The van der Waals surface area contributed by atoms with Gasteiger partial charge >= 0.3 is 6.09 Å². The maximum absolute atomic E-state index is 13.2. The van der Waals surface area contributed by atoms with Gasteiger partial charge in [0.1, 0.15) is 17.7 Å². The van der Waals surface area contributed by atoms with Crippen LogP contribution in [0, 0.1) is 0 Å². The Morgan fingerprint density at radius 3 is 2.42 bits per heavy atom. The second-order valence-corrected chi connectivity index (χ2v) is 12.5. The lowest BCUT2D eigenvalue weighted by Gasteiger charge is -2.28. The maximum atomic E-state index is 13.2. The van der Waals surface area contributed by atoms with Crippen molar-refractivity contribution in [1.29, 1.82) is 0 Å². The number of hydroxylamine groups is 1. The van der Waals surface area contributed by atoms with E-state index in [0.29, 0.717) is 32.4 Å². The highest BCUT2D eigenvalue weighted by atomic mass is 32.2. The molecule has 1 spiro atoms. The summed E-state index contributed by atoms with van der Waals surface area (Å²) in [7, 11) is 0. The molecule has 2 heterocycles. The fourth-order valence-electron chi connectivity index (χ4n) is 3.78. The number of rotatable bonds is 9. The number of nitrogens with one attached hydrogen (secondary N) is 3. The van der Waals surface area contributed by atoms with Gasteiger partial charge in [0, 0.05) is 37.4 Å². The number of nitrogens with zero attached hydrogens (tertiary/aromatic N) is 1. The zero-order valence-corrected chi connectivity index (χ0v) is 21.4. The molecule has 0 aromatic heterocycles. The summed E-state index contributed by atoms with van der Waals surface area (Å²) in [5.41, 5.74) is 0.923. The fraction of sp³-hybridized carbons (Fsp3) is 0.810. The number of thioether (sulfide) groups is 2. The number of ether oxygens (including phenoxy) is 1. The second kappa shape index (κ2) is 12.2. The van der Waals surface area contributed by atoms with Crippen LogP contribution in [0.15, 0.2) is 0 Å². The normalized spacial score (nSPS) is 20.4. The Hall–Kier alpha value is -1.66. The number of hydrogen-bond donors (Lipinski definition) is 4. The summed E-state index contributed by atoms with van der Waals surface area (Å²) in [5.74, 6) is 1.03. The molecular formula is C21H36N4O6S2. The van der Waals surface area contributed by atoms with E-state index >= 15 is 0 Å². The zero-order valence-electron chi connectivity index (χ0n) is 19.8. The molecule has 12 heteroatoms. The van der Waals surface area contributed by atoms with E-state index in [1.54, 1.807) is 61.6 Å². The van der Waals surface area contributed by atoms with Crippen molar-refractivity contribution < 1.29 is 29.1 Å². The van der Waals surface area contributed by atoms with Gasteiger partial charge in [0.25, 0.3) is 0 Å². The molecule has 4 N–H and O–H groups in total. The van der Waals surface area contributed by atoms with E-state index in [1.165, 1.54) is 0 Å². The molecule has 33 heavy (non-hydrogen) atoms. The van der Waals surface area contributed by atoms with E-state index in [4.69, 9.17) is 9.94 Å². The van der Waals surface area contributed by atoms with Crippen LogP contribution in [0.4, 0.5) is 4.79 Å². The Bertz CT molecular complexity index is 724. The monoisotopic (exact) mass is 504 g/mol. The Labute approximate surface area is 203 Å². The molecule has 2 fully saturated rings. The fourth-order valence-corrected chi connectivity index (χ4v) is 7.03. The number of likely N-dealkylation sites (tertiary alicyclic amines) is 1. The lowest BCUT2D eigenvalue weighted by molar-refractivity contribution is -0.139. The summed E-state index contributed by atoms with van der Waals surface area (Å²) in [5, 5.41) is 14.0. The molecule has 0 aliphatic carbocycles. The number of hydrogen-bond acceptors (Lipinski definition) is 8. The first-order chi connectivity index (χ1) is 15.5. The van der Waals surface area contributed by atoms with Crippen molar-refractivity contribution in [3.05, 3.63) is 0 Å². The van der Waals surface area contributed by atoms with Gasteiger partial charge in [0.05, 0.1) is 4.08 Å². The highest BCUT2D eigenvalue weighted by molar-refractivity contribution is 8.21. The van der Waals surface area contributed by atoms with Crippen molar-refractivity contribution in [2.45, 2.75) is 81.6 Å². The van der Waals surface area contributed by atoms with Crippen molar-refractivity contribution in [3.63, 3.8) is 0 Å². The van der Waals surface area contributed by atoms with Crippen LogP contribution >= 0.6 is 23.5 Å². The third-order valence-corrected chi connectivity index (χ3v) is 8.73. The summed E-state index contributed by atoms with van der Waals surface area (Å²) in [6.45, 7) is 7.75. The minimum Gasteiger partial charge on any atom is -0.444 e. The Balaban J connectivity index is 1.93. The van der Waals surface area contributed by atoms with Gasteiger partial charge in [-0.25, -0.2) is 10.3 Å². The average molecular weight is 505 g/mol. The van der Waals surface area contributed by atoms with Crippen LogP contribution in [0.1, 0.15) is 59.8 Å². The highest BCUT2D eigenvalue weighted by Crippen LogP contribution is 2.51. The minimum absolute atomic E-state index is 0.193. The quantitative estimate of drug-likeness (QED) is 0.212. The maximum Gasteiger partial charge on any atom is 0.408 e. The highest BCUT2D eigenvalue weighted by Gasteiger charge is 2.51. The number of amides is 4.